The molecule has 0 fully saturated rings. The van der Waals surface area contributed by atoms with E-state index in [0.29, 0.717) is 38.6 Å². The standard InChI is InChI=1S/C17H23N3O3S/c1-3-22-6-7-23-15-8-12(2)4-5-13(15)10-19-17(21)14-11-24-16(9-18)20-14/h4-5,8,11H,3,6-7,9-10,18H2,1-2H3,(H,19,21). The zero-order valence-corrected chi connectivity index (χ0v) is 14.8. The molecule has 0 saturated heterocycles. The number of rotatable bonds is 9. The number of hydrogen-bond acceptors (Lipinski definition) is 6. The van der Waals surface area contributed by atoms with E-state index in [2.05, 4.69) is 10.3 Å². The summed E-state index contributed by atoms with van der Waals surface area (Å²) in [5.41, 5.74) is 7.93. The van der Waals surface area contributed by atoms with Crippen LogP contribution >= 0.6 is 11.3 Å². The van der Waals surface area contributed by atoms with Gasteiger partial charge >= 0.3 is 0 Å². The summed E-state index contributed by atoms with van der Waals surface area (Å²) in [6.07, 6.45) is 0. The van der Waals surface area contributed by atoms with Crippen LogP contribution in [0.2, 0.25) is 0 Å². The van der Waals surface area contributed by atoms with Crippen LogP contribution in [-0.2, 0) is 17.8 Å². The Morgan fingerprint density at radius 3 is 2.92 bits per heavy atom. The Bertz CT molecular complexity index is 673. The van der Waals surface area contributed by atoms with Gasteiger partial charge in [0.15, 0.2) is 0 Å². The summed E-state index contributed by atoms with van der Waals surface area (Å²) in [5.74, 6) is 0.544. The number of aromatic nitrogens is 1. The van der Waals surface area contributed by atoms with E-state index in [-0.39, 0.29) is 5.91 Å². The van der Waals surface area contributed by atoms with Gasteiger partial charge in [-0.25, -0.2) is 4.98 Å². The summed E-state index contributed by atoms with van der Waals surface area (Å²) in [7, 11) is 0. The van der Waals surface area contributed by atoms with Crippen molar-refractivity contribution in [3.63, 3.8) is 0 Å². The van der Waals surface area contributed by atoms with Crippen molar-refractivity contribution >= 4 is 17.2 Å². The number of nitrogens with one attached hydrogen (secondary N) is 1. The van der Waals surface area contributed by atoms with E-state index < -0.39 is 0 Å². The molecule has 130 valence electrons. The Hall–Kier alpha value is -1.96. The minimum absolute atomic E-state index is 0.216. The van der Waals surface area contributed by atoms with Gasteiger partial charge in [-0.15, -0.1) is 11.3 Å². The molecular weight excluding hydrogens is 326 g/mol. The number of aryl methyl sites for hydroxylation is 1. The first-order valence-corrected chi connectivity index (χ1v) is 8.74. The second-order valence-corrected chi connectivity index (χ2v) is 6.11. The van der Waals surface area contributed by atoms with Crippen LogP contribution in [0.1, 0.15) is 33.5 Å². The maximum Gasteiger partial charge on any atom is 0.271 e. The SMILES string of the molecule is CCOCCOc1cc(C)ccc1CNC(=O)c1csc(CN)n1. The van der Waals surface area contributed by atoms with Crippen molar-refractivity contribution in [1.29, 1.82) is 0 Å². The molecule has 2 aromatic rings. The van der Waals surface area contributed by atoms with Crippen LogP contribution in [0.25, 0.3) is 0 Å². The van der Waals surface area contributed by atoms with Crippen LogP contribution in [0.4, 0.5) is 0 Å². The number of ether oxygens (including phenoxy) is 2. The van der Waals surface area contributed by atoms with Crippen LogP contribution < -0.4 is 15.8 Å². The van der Waals surface area contributed by atoms with Gasteiger partial charge in [0.2, 0.25) is 0 Å². The predicted octanol–water partition coefficient (Wildman–Crippen LogP) is 2.26. The van der Waals surface area contributed by atoms with E-state index in [1.165, 1.54) is 11.3 Å². The molecule has 0 saturated carbocycles. The van der Waals surface area contributed by atoms with Crippen molar-refractivity contribution in [2.75, 3.05) is 19.8 Å². The predicted molar refractivity (Wildman–Crippen MR) is 94.3 cm³/mol. The van der Waals surface area contributed by atoms with Gasteiger partial charge < -0.3 is 20.5 Å². The van der Waals surface area contributed by atoms with E-state index in [1.54, 1.807) is 5.38 Å². The van der Waals surface area contributed by atoms with E-state index in [0.717, 1.165) is 21.9 Å². The minimum atomic E-state index is -0.216. The lowest BCUT2D eigenvalue weighted by atomic mass is 10.1. The highest BCUT2D eigenvalue weighted by Crippen LogP contribution is 2.20. The monoisotopic (exact) mass is 349 g/mol. The Morgan fingerprint density at radius 2 is 2.21 bits per heavy atom. The fourth-order valence-corrected chi connectivity index (χ4v) is 2.73. The molecule has 1 amide bonds. The number of benzene rings is 1. The molecule has 1 aromatic carbocycles. The molecule has 0 aliphatic rings. The Labute approximate surface area is 146 Å². The van der Waals surface area contributed by atoms with Crippen LogP contribution in [0.5, 0.6) is 5.75 Å². The quantitative estimate of drug-likeness (QED) is 0.678. The third-order valence-electron chi connectivity index (χ3n) is 3.31. The van der Waals surface area contributed by atoms with Crippen molar-refractivity contribution in [3.8, 4) is 5.75 Å². The van der Waals surface area contributed by atoms with Crippen molar-refractivity contribution in [2.24, 2.45) is 5.73 Å². The Kier molecular flexibility index (Phi) is 7.17. The molecule has 0 bridgehead atoms. The molecular formula is C17H23N3O3S. The minimum Gasteiger partial charge on any atom is -0.491 e. The zero-order chi connectivity index (χ0) is 17.4. The Morgan fingerprint density at radius 1 is 1.38 bits per heavy atom. The smallest absolute Gasteiger partial charge is 0.271 e. The summed E-state index contributed by atoms with van der Waals surface area (Å²) < 4.78 is 11.1. The van der Waals surface area contributed by atoms with Gasteiger partial charge in [0.1, 0.15) is 23.1 Å². The van der Waals surface area contributed by atoms with Gasteiger partial charge in [-0.05, 0) is 25.5 Å². The molecule has 6 nitrogen and oxygen atoms in total. The van der Waals surface area contributed by atoms with E-state index in [4.69, 9.17) is 15.2 Å². The van der Waals surface area contributed by atoms with Crippen LogP contribution in [-0.4, -0.2) is 30.7 Å². The topological polar surface area (TPSA) is 86.5 Å². The first-order chi connectivity index (χ1) is 11.6. The first kappa shape index (κ1) is 18.4. The zero-order valence-electron chi connectivity index (χ0n) is 14.0. The molecule has 2 rings (SSSR count). The summed E-state index contributed by atoms with van der Waals surface area (Å²) in [6, 6.07) is 5.91. The van der Waals surface area contributed by atoms with E-state index in [1.807, 2.05) is 32.0 Å². The Balaban J connectivity index is 1.96. The van der Waals surface area contributed by atoms with Crippen molar-refractivity contribution in [1.82, 2.24) is 10.3 Å². The number of carbonyl (C=O) groups is 1. The van der Waals surface area contributed by atoms with Crippen molar-refractivity contribution < 1.29 is 14.3 Å². The number of amides is 1. The summed E-state index contributed by atoms with van der Waals surface area (Å²) in [5, 5.41) is 5.33. The lowest BCUT2D eigenvalue weighted by molar-refractivity contribution is 0.0944. The molecule has 0 spiro atoms. The first-order valence-electron chi connectivity index (χ1n) is 7.86. The van der Waals surface area contributed by atoms with Crippen LogP contribution in [0, 0.1) is 6.92 Å². The van der Waals surface area contributed by atoms with Gasteiger partial charge in [0.05, 0.1) is 6.61 Å². The molecule has 0 atom stereocenters. The molecule has 24 heavy (non-hydrogen) atoms. The van der Waals surface area contributed by atoms with Crippen molar-refractivity contribution in [2.45, 2.75) is 26.9 Å². The second-order valence-electron chi connectivity index (χ2n) is 5.17. The highest BCUT2D eigenvalue weighted by molar-refractivity contribution is 7.09. The summed E-state index contributed by atoms with van der Waals surface area (Å²) >= 11 is 1.38. The third kappa shape index (κ3) is 5.30. The fraction of sp³-hybridized carbons (Fsp3) is 0.412. The fourth-order valence-electron chi connectivity index (χ4n) is 2.07. The van der Waals surface area contributed by atoms with Gasteiger partial charge in [-0.1, -0.05) is 12.1 Å². The van der Waals surface area contributed by atoms with Crippen LogP contribution in [0.15, 0.2) is 23.6 Å². The number of hydrogen-bond donors (Lipinski definition) is 2. The van der Waals surface area contributed by atoms with Crippen molar-refractivity contribution in [3.05, 3.63) is 45.4 Å². The molecule has 0 aliphatic carbocycles. The summed E-state index contributed by atoms with van der Waals surface area (Å²) in [6.45, 7) is 6.34. The normalized spacial score (nSPS) is 10.6. The lowest BCUT2D eigenvalue weighted by Gasteiger charge is -2.13. The van der Waals surface area contributed by atoms with E-state index in [9.17, 15) is 4.79 Å². The summed E-state index contributed by atoms with van der Waals surface area (Å²) in [4.78, 5) is 16.3. The van der Waals surface area contributed by atoms with Crippen LogP contribution in [0.3, 0.4) is 0 Å². The average molecular weight is 349 g/mol. The number of nitrogens with zero attached hydrogens (tertiary/aromatic N) is 1. The van der Waals surface area contributed by atoms with Gasteiger partial charge in [0.25, 0.3) is 5.91 Å². The number of nitrogens with two attached hydrogens (primary N) is 1. The maximum atomic E-state index is 12.2. The largest absolute Gasteiger partial charge is 0.491 e. The van der Waals surface area contributed by atoms with Gasteiger partial charge in [0, 0.05) is 30.6 Å². The highest BCUT2D eigenvalue weighted by Gasteiger charge is 2.11. The highest BCUT2D eigenvalue weighted by atomic mass is 32.1. The average Bonchev–Trinajstić information content (AvgIpc) is 3.07. The third-order valence-corrected chi connectivity index (χ3v) is 4.18. The lowest BCUT2D eigenvalue weighted by Crippen LogP contribution is -2.23. The maximum absolute atomic E-state index is 12.2. The molecule has 1 heterocycles. The molecule has 0 aliphatic heterocycles. The molecule has 0 radical (unpaired) electrons. The molecule has 7 heteroatoms. The van der Waals surface area contributed by atoms with E-state index >= 15 is 0 Å². The molecule has 1 aromatic heterocycles. The molecule has 0 unspecified atom stereocenters. The number of carbonyl (C=O) groups excluding carboxylic acids is 1. The van der Waals surface area contributed by atoms with Gasteiger partial charge in [-0.3, -0.25) is 4.79 Å². The second kappa shape index (κ2) is 9.36. The number of thiazole rings is 1. The molecule has 3 N–H and O–H groups in total. The van der Waals surface area contributed by atoms with Gasteiger partial charge in [-0.2, -0.15) is 0 Å².